The highest BCUT2D eigenvalue weighted by Gasteiger charge is 2.15. The molecule has 1 aromatic rings. The van der Waals surface area contributed by atoms with Crippen LogP contribution in [-0.2, 0) is 11.3 Å². The van der Waals surface area contributed by atoms with Crippen molar-refractivity contribution in [2.24, 2.45) is 0 Å². The van der Waals surface area contributed by atoms with Crippen LogP contribution < -0.4 is 0 Å². The molecule has 18 heavy (non-hydrogen) atoms. The predicted octanol–water partition coefficient (Wildman–Crippen LogP) is 0.193. The van der Waals surface area contributed by atoms with E-state index in [-0.39, 0.29) is 31.3 Å². The van der Waals surface area contributed by atoms with Crippen molar-refractivity contribution in [3.63, 3.8) is 0 Å². The summed E-state index contributed by atoms with van der Waals surface area (Å²) in [6.45, 7) is 3.85. The Balaban J connectivity index is 2.75. The molecule has 0 aromatic carbocycles. The second-order valence-corrected chi connectivity index (χ2v) is 3.68. The number of aromatic carboxylic acids is 1. The van der Waals surface area contributed by atoms with Crippen LogP contribution in [-0.4, -0.2) is 51.3 Å². The SMILES string of the molecule is C=CCN(CCO)C(=O)Cn1cccc1C(=O)O. The second kappa shape index (κ2) is 6.61. The maximum absolute atomic E-state index is 11.9. The maximum atomic E-state index is 11.9. The van der Waals surface area contributed by atoms with E-state index in [9.17, 15) is 9.59 Å². The highest BCUT2D eigenvalue weighted by molar-refractivity contribution is 5.86. The van der Waals surface area contributed by atoms with Crippen LogP contribution in [0.15, 0.2) is 31.0 Å². The van der Waals surface area contributed by atoms with E-state index in [1.807, 2.05) is 0 Å². The Morgan fingerprint density at radius 3 is 2.78 bits per heavy atom. The van der Waals surface area contributed by atoms with Crippen LogP contribution in [0.25, 0.3) is 0 Å². The fraction of sp³-hybridized carbons (Fsp3) is 0.333. The molecule has 1 aromatic heterocycles. The molecule has 1 heterocycles. The Bertz CT molecular complexity index is 439. The Hall–Kier alpha value is -2.08. The molecule has 1 rings (SSSR count). The number of nitrogens with zero attached hydrogens (tertiary/aromatic N) is 2. The second-order valence-electron chi connectivity index (χ2n) is 3.68. The number of carbonyl (C=O) groups is 2. The Labute approximate surface area is 105 Å². The summed E-state index contributed by atoms with van der Waals surface area (Å²) < 4.78 is 1.36. The van der Waals surface area contributed by atoms with Gasteiger partial charge in [-0.1, -0.05) is 6.08 Å². The zero-order valence-electron chi connectivity index (χ0n) is 9.95. The first-order valence-corrected chi connectivity index (χ1v) is 5.48. The molecule has 98 valence electrons. The topological polar surface area (TPSA) is 82.8 Å². The van der Waals surface area contributed by atoms with E-state index in [1.54, 1.807) is 12.1 Å². The van der Waals surface area contributed by atoms with Crippen LogP contribution >= 0.6 is 0 Å². The monoisotopic (exact) mass is 252 g/mol. The number of carboxylic acid groups (broad SMARTS) is 1. The van der Waals surface area contributed by atoms with Gasteiger partial charge in [0.15, 0.2) is 0 Å². The van der Waals surface area contributed by atoms with Crippen molar-refractivity contribution in [3.05, 3.63) is 36.7 Å². The van der Waals surface area contributed by atoms with E-state index < -0.39 is 5.97 Å². The molecule has 0 fully saturated rings. The van der Waals surface area contributed by atoms with Gasteiger partial charge in [0.2, 0.25) is 5.91 Å². The minimum atomic E-state index is -1.08. The van der Waals surface area contributed by atoms with E-state index >= 15 is 0 Å². The van der Waals surface area contributed by atoms with Crippen molar-refractivity contribution >= 4 is 11.9 Å². The molecule has 0 bridgehead atoms. The number of hydrogen-bond donors (Lipinski definition) is 2. The van der Waals surface area contributed by atoms with Crippen LogP contribution in [0.1, 0.15) is 10.5 Å². The fourth-order valence-corrected chi connectivity index (χ4v) is 1.59. The first-order chi connectivity index (χ1) is 8.60. The van der Waals surface area contributed by atoms with E-state index in [1.165, 1.54) is 21.7 Å². The summed E-state index contributed by atoms with van der Waals surface area (Å²) in [7, 11) is 0. The van der Waals surface area contributed by atoms with Gasteiger partial charge >= 0.3 is 5.97 Å². The molecule has 0 aliphatic carbocycles. The van der Waals surface area contributed by atoms with Gasteiger partial charge in [-0.3, -0.25) is 4.79 Å². The molecule has 6 heteroatoms. The predicted molar refractivity (Wildman–Crippen MR) is 65.3 cm³/mol. The Morgan fingerprint density at radius 1 is 1.50 bits per heavy atom. The minimum Gasteiger partial charge on any atom is -0.477 e. The largest absolute Gasteiger partial charge is 0.477 e. The van der Waals surface area contributed by atoms with Crippen molar-refractivity contribution in [2.45, 2.75) is 6.54 Å². The van der Waals surface area contributed by atoms with Gasteiger partial charge in [0.05, 0.1) is 6.61 Å². The summed E-state index contributed by atoms with van der Waals surface area (Å²) in [5.74, 6) is -1.34. The lowest BCUT2D eigenvalue weighted by molar-refractivity contribution is -0.131. The average molecular weight is 252 g/mol. The van der Waals surface area contributed by atoms with Crippen LogP contribution in [0.4, 0.5) is 0 Å². The van der Waals surface area contributed by atoms with Gasteiger partial charge < -0.3 is 19.7 Å². The van der Waals surface area contributed by atoms with Gasteiger partial charge in [0, 0.05) is 19.3 Å². The first kappa shape index (κ1) is 14.0. The van der Waals surface area contributed by atoms with Gasteiger partial charge in [-0.2, -0.15) is 0 Å². The molecule has 6 nitrogen and oxygen atoms in total. The molecule has 1 amide bonds. The third kappa shape index (κ3) is 3.46. The van der Waals surface area contributed by atoms with Gasteiger partial charge in [-0.05, 0) is 12.1 Å². The van der Waals surface area contributed by atoms with E-state index in [0.29, 0.717) is 6.54 Å². The van der Waals surface area contributed by atoms with Crippen LogP contribution in [0, 0.1) is 0 Å². The maximum Gasteiger partial charge on any atom is 0.352 e. The Kier molecular flexibility index (Phi) is 5.13. The zero-order valence-corrected chi connectivity index (χ0v) is 9.95. The summed E-state index contributed by atoms with van der Waals surface area (Å²) in [5, 5.41) is 17.8. The van der Waals surface area contributed by atoms with Crippen LogP contribution in [0.5, 0.6) is 0 Å². The number of carbonyl (C=O) groups excluding carboxylic acids is 1. The number of amides is 1. The molecular formula is C12H16N2O4. The first-order valence-electron chi connectivity index (χ1n) is 5.48. The number of aliphatic hydroxyl groups is 1. The molecule has 0 atom stereocenters. The number of aliphatic hydroxyl groups excluding tert-OH is 1. The minimum absolute atomic E-state index is 0.0610. The lowest BCUT2D eigenvalue weighted by atomic mass is 10.4. The number of rotatable bonds is 7. The number of carboxylic acids is 1. The van der Waals surface area contributed by atoms with E-state index in [4.69, 9.17) is 10.2 Å². The molecule has 0 saturated carbocycles. The van der Waals surface area contributed by atoms with Gasteiger partial charge in [-0.15, -0.1) is 6.58 Å². The summed E-state index contributed by atoms with van der Waals surface area (Å²) in [4.78, 5) is 24.2. The summed E-state index contributed by atoms with van der Waals surface area (Å²) in [6, 6.07) is 3.00. The van der Waals surface area contributed by atoms with Crippen LogP contribution in [0.2, 0.25) is 0 Å². The lowest BCUT2D eigenvalue weighted by Gasteiger charge is -2.20. The average Bonchev–Trinajstić information content (AvgIpc) is 2.77. The molecule has 0 unspecified atom stereocenters. The quantitative estimate of drug-likeness (QED) is 0.679. The molecule has 0 aliphatic heterocycles. The molecule has 0 saturated heterocycles. The van der Waals surface area contributed by atoms with Crippen molar-refractivity contribution < 1.29 is 19.8 Å². The smallest absolute Gasteiger partial charge is 0.352 e. The van der Waals surface area contributed by atoms with Gasteiger partial charge in [0.1, 0.15) is 12.2 Å². The molecule has 0 spiro atoms. The highest BCUT2D eigenvalue weighted by atomic mass is 16.4. The number of hydrogen-bond acceptors (Lipinski definition) is 3. The van der Waals surface area contributed by atoms with Crippen LogP contribution in [0.3, 0.4) is 0 Å². The molecule has 0 aliphatic rings. The number of aromatic nitrogens is 1. The van der Waals surface area contributed by atoms with Crippen molar-refractivity contribution in [1.82, 2.24) is 9.47 Å². The highest BCUT2D eigenvalue weighted by Crippen LogP contribution is 2.04. The van der Waals surface area contributed by atoms with Gasteiger partial charge in [-0.25, -0.2) is 4.79 Å². The standard InChI is InChI=1S/C12H16N2O4/c1-2-5-13(7-8-15)11(16)9-14-6-3-4-10(14)12(17)18/h2-4,6,15H,1,5,7-9H2,(H,17,18). The van der Waals surface area contributed by atoms with Crippen molar-refractivity contribution in [3.8, 4) is 0 Å². The lowest BCUT2D eigenvalue weighted by Crippen LogP contribution is -2.36. The third-order valence-corrected chi connectivity index (χ3v) is 2.43. The zero-order chi connectivity index (χ0) is 13.5. The van der Waals surface area contributed by atoms with Crippen molar-refractivity contribution in [1.29, 1.82) is 0 Å². The van der Waals surface area contributed by atoms with E-state index in [0.717, 1.165) is 0 Å². The summed E-state index contributed by atoms with van der Waals surface area (Å²) in [6.07, 6.45) is 3.09. The van der Waals surface area contributed by atoms with Gasteiger partial charge in [0.25, 0.3) is 0 Å². The van der Waals surface area contributed by atoms with Crippen molar-refractivity contribution in [2.75, 3.05) is 19.7 Å². The summed E-state index contributed by atoms with van der Waals surface area (Å²) in [5.41, 5.74) is 0.0610. The molecule has 0 radical (unpaired) electrons. The molecule has 2 N–H and O–H groups in total. The fourth-order valence-electron chi connectivity index (χ4n) is 1.59. The Morgan fingerprint density at radius 2 is 2.22 bits per heavy atom. The third-order valence-electron chi connectivity index (χ3n) is 2.43. The normalized spacial score (nSPS) is 10.1. The van der Waals surface area contributed by atoms with E-state index in [2.05, 4.69) is 6.58 Å². The summed E-state index contributed by atoms with van der Waals surface area (Å²) >= 11 is 0. The molecular weight excluding hydrogens is 236 g/mol.